The monoisotopic (exact) mass is 675 g/mol. The summed E-state index contributed by atoms with van der Waals surface area (Å²) >= 11 is 0. The number of carbonyl (C=O) groups excluding carboxylic acids is 1. The van der Waals surface area contributed by atoms with Crippen LogP contribution in [0.2, 0.25) is 0 Å². The molecule has 1 heterocycles. The van der Waals surface area contributed by atoms with Gasteiger partial charge in [0.2, 0.25) is 5.90 Å². The summed E-state index contributed by atoms with van der Waals surface area (Å²) in [5, 5.41) is 16.1. The molecule has 0 aromatic heterocycles. The van der Waals surface area contributed by atoms with Crippen molar-refractivity contribution in [2.75, 3.05) is 34.0 Å². The van der Waals surface area contributed by atoms with E-state index in [1.165, 1.54) is 0 Å². The summed E-state index contributed by atoms with van der Waals surface area (Å²) in [5.41, 5.74) is 11.8. The van der Waals surface area contributed by atoms with Crippen LogP contribution in [0.4, 0.5) is 0 Å². The summed E-state index contributed by atoms with van der Waals surface area (Å²) in [5.74, 6) is 1.87. The molecule has 0 aliphatic carbocycles. The minimum Gasteiger partial charge on any atom is -0.494 e. The lowest BCUT2D eigenvalue weighted by Gasteiger charge is -2.31. The fraction of sp³-hybridized carbons (Fsp3) is 0.282. The number of methoxy groups -OCH3 is 2. The van der Waals surface area contributed by atoms with Crippen molar-refractivity contribution >= 4 is 17.9 Å². The molecule has 2 atom stereocenters. The Morgan fingerprint density at radius 2 is 1.78 bits per heavy atom. The number of nitrogens with one attached hydrogen (secondary N) is 1. The van der Waals surface area contributed by atoms with Crippen LogP contribution >= 0.6 is 0 Å². The summed E-state index contributed by atoms with van der Waals surface area (Å²) in [6.07, 6.45) is 4.35. The highest BCUT2D eigenvalue weighted by molar-refractivity contribution is 6.01. The molecule has 2 N–H and O–H groups in total. The molecule has 0 spiro atoms. The highest BCUT2D eigenvalue weighted by atomic mass is 16.5. The van der Waals surface area contributed by atoms with Crippen molar-refractivity contribution in [3.05, 3.63) is 141 Å². The van der Waals surface area contributed by atoms with Crippen molar-refractivity contribution in [1.29, 1.82) is 0 Å². The smallest absolute Gasteiger partial charge is 0.252 e. The zero-order valence-corrected chi connectivity index (χ0v) is 28.2. The maximum absolute atomic E-state index is 14.6. The van der Waals surface area contributed by atoms with Crippen molar-refractivity contribution in [3.8, 4) is 17.2 Å². The third-order valence-electron chi connectivity index (χ3n) is 8.36. The third-order valence-corrected chi connectivity index (χ3v) is 8.36. The Morgan fingerprint density at radius 3 is 2.52 bits per heavy atom. The van der Waals surface area contributed by atoms with E-state index in [4.69, 9.17) is 34.6 Å². The van der Waals surface area contributed by atoms with E-state index >= 15 is 0 Å². The summed E-state index contributed by atoms with van der Waals surface area (Å²) in [4.78, 5) is 22.7. The fourth-order valence-corrected chi connectivity index (χ4v) is 5.78. The van der Waals surface area contributed by atoms with Gasteiger partial charge in [-0.2, -0.15) is 0 Å². The number of azide groups is 1. The first-order valence-electron chi connectivity index (χ1n) is 16.4. The van der Waals surface area contributed by atoms with Gasteiger partial charge < -0.3 is 29.4 Å². The molecule has 258 valence electrons. The second-order valence-corrected chi connectivity index (χ2v) is 11.6. The van der Waals surface area contributed by atoms with Gasteiger partial charge in [0.1, 0.15) is 5.75 Å². The molecule has 4 aromatic carbocycles. The summed E-state index contributed by atoms with van der Waals surface area (Å²) < 4.78 is 23.2. The Hall–Kier alpha value is -5.77. The van der Waals surface area contributed by atoms with Crippen molar-refractivity contribution in [1.82, 2.24) is 5.32 Å². The molecule has 0 fully saturated rings. The third kappa shape index (κ3) is 8.63. The van der Waals surface area contributed by atoms with Gasteiger partial charge in [-0.1, -0.05) is 77.9 Å². The molecule has 5 rings (SSSR count). The lowest BCUT2D eigenvalue weighted by Crippen LogP contribution is -2.48. The molecule has 0 bridgehead atoms. The van der Waals surface area contributed by atoms with E-state index in [1.54, 1.807) is 14.2 Å². The van der Waals surface area contributed by atoms with E-state index in [1.807, 2.05) is 109 Å². The van der Waals surface area contributed by atoms with Gasteiger partial charge in [-0.15, -0.1) is 0 Å². The summed E-state index contributed by atoms with van der Waals surface area (Å²) in [6.45, 7) is 0.842. The van der Waals surface area contributed by atoms with E-state index in [-0.39, 0.29) is 25.5 Å². The zero-order chi connectivity index (χ0) is 35.2. The molecule has 11 heteroatoms. The number of aliphatic hydroxyl groups is 1. The number of carbonyl (C=O) groups is 1. The van der Waals surface area contributed by atoms with E-state index < -0.39 is 11.6 Å². The molecular weight excluding hydrogens is 634 g/mol. The minimum atomic E-state index is -1.42. The van der Waals surface area contributed by atoms with E-state index in [0.29, 0.717) is 60.3 Å². The molecule has 0 saturated carbocycles. The van der Waals surface area contributed by atoms with Crippen LogP contribution in [-0.4, -0.2) is 56.4 Å². The predicted molar refractivity (Wildman–Crippen MR) is 192 cm³/mol. The van der Waals surface area contributed by atoms with E-state index in [9.17, 15) is 4.79 Å². The summed E-state index contributed by atoms with van der Waals surface area (Å²) in [7, 11) is 3.17. The Bertz CT molecular complexity index is 1840. The lowest BCUT2D eigenvalue weighted by atomic mass is 9.82. The normalized spacial score (nSPS) is 16.6. The first-order chi connectivity index (χ1) is 24.5. The van der Waals surface area contributed by atoms with Gasteiger partial charge in [-0.05, 0) is 70.6 Å². The van der Waals surface area contributed by atoms with Crippen LogP contribution in [0.5, 0.6) is 17.2 Å². The first-order valence-corrected chi connectivity index (χ1v) is 16.4. The highest BCUT2D eigenvalue weighted by Crippen LogP contribution is 2.44. The minimum absolute atomic E-state index is 0.0441. The van der Waals surface area contributed by atoms with Gasteiger partial charge in [-0.25, -0.2) is 4.99 Å². The number of amides is 1. The molecule has 0 radical (unpaired) electrons. The topological polar surface area (TPSA) is 147 Å². The van der Waals surface area contributed by atoms with Gasteiger partial charge in [0.25, 0.3) is 5.91 Å². The Kier molecular flexibility index (Phi) is 12.5. The van der Waals surface area contributed by atoms with E-state index in [2.05, 4.69) is 15.3 Å². The largest absolute Gasteiger partial charge is 0.494 e. The van der Waals surface area contributed by atoms with Gasteiger partial charge in [0.05, 0.1) is 27.4 Å². The van der Waals surface area contributed by atoms with Crippen LogP contribution in [0.25, 0.3) is 16.5 Å². The van der Waals surface area contributed by atoms with Crippen LogP contribution in [-0.2, 0) is 22.5 Å². The molecular formula is C39H41N5O6. The fourth-order valence-electron chi connectivity index (χ4n) is 5.78. The number of nitrogens with zero attached hydrogens (tertiary/aromatic N) is 4. The number of aliphatic imine (C=N–C) groups is 1. The van der Waals surface area contributed by atoms with Crippen molar-refractivity contribution in [2.45, 2.75) is 37.5 Å². The van der Waals surface area contributed by atoms with Crippen LogP contribution in [0.15, 0.2) is 113 Å². The predicted octanol–water partition coefficient (Wildman–Crippen LogP) is 6.99. The average molecular weight is 676 g/mol. The standard InChI is InChI=1S/C39H41N5O6/c1-47-34-20-15-29(26-35(34)48-2)21-23-41-38(46)39(22-8-12-28-10-4-3-5-11-28)36(33-14-7-6-13-31(33)27-42-44-40)50-37(43-39)30-16-18-32(19-17-30)49-25-9-24-45/h3-8,10-20,26,36,45H,9,21-25,27H2,1-2H3,(H,41,46)/b12-8+/t36-,39-/m1/s1. The molecule has 1 amide bonds. The molecule has 0 unspecified atom stereocenters. The Morgan fingerprint density at radius 1 is 1.02 bits per heavy atom. The highest BCUT2D eigenvalue weighted by Gasteiger charge is 2.53. The number of hydrogen-bond acceptors (Lipinski definition) is 8. The second-order valence-electron chi connectivity index (χ2n) is 11.6. The quantitative estimate of drug-likeness (QED) is 0.0533. The van der Waals surface area contributed by atoms with Crippen LogP contribution in [0, 0.1) is 0 Å². The van der Waals surface area contributed by atoms with Crippen LogP contribution in [0.3, 0.4) is 0 Å². The molecule has 11 nitrogen and oxygen atoms in total. The van der Waals surface area contributed by atoms with Crippen LogP contribution < -0.4 is 19.5 Å². The lowest BCUT2D eigenvalue weighted by molar-refractivity contribution is -0.128. The van der Waals surface area contributed by atoms with Crippen molar-refractivity contribution in [2.24, 2.45) is 10.1 Å². The van der Waals surface area contributed by atoms with Gasteiger partial charge in [0, 0.05) is 36.5 Å². The maximum atomic E-state index is 14.6. The number of hydrogen-bond donors (Lipinski definition) is 2. The molecule has 4 aromatic rings. The second kappa shape index (κ2) is 17.6. The molecule has 1 aliphatic rings. The SMILES string of the molecule is COc1ccc(CCNC(=O)[C@]2(C/C=C/c3ccccc3)N=C(c3ccc(OCCCO)cc3)O[C@@H]2c2ccccc2CN=[N+]=[N-])cc1OC. The Labute approximate surface area is 291 Å². The summed E-state index contributed by atoms with van der Waals surface area (Å²) in [6, 6.07) is 30.3. The van der Waals surface area contributed by atoms with Crippen molar-refractivity contribution < 1.29 is 28.8 Å². The van der Waals surface area contributed by atoms with Gasteiger partial charge in [0.15, 0.2) is 23.1 Å². The Balaban J connectivity index is 1.53. The number of ether oxygens (including phenoxy) is 4. The number of rotatable bonds is 17. The molecule has 50 heavy (non-hydrogen) atoms. The molecule has 1 aliphatic heterocycles. The zero-order valence-electron chi connectivity index (χ0n) is 28.2. The van der Waals surface area contributed by atoms with Crippen molar-refractivity contribution in [3.63, 3.8) is 0 Å². The number of benzene rings is 4. The van der Waals surface area contributed by atoms with Crippen LogP contribution in [0.1, 0.15) is 46.8 Å². The first kappa shape index (κ1) is 35.5. The average Bonchev–Trinajstić information content (AvgIpc) is 3.55. The molecule has 0 saturated heterocycles. The van der Waals surface area contributed by atoms with E-state index in [0.717, 1.165) is 16.7 Å². The maximum Gasteiger partial charge on any atom is 0.252 e. The van der Waals surface area contributed by atoms with Gasteiger partial charge in [-0.3, -0.25) is 4.79 Å². The van der Waals surface area contributed by atoms with Gasteiger partial charge >= 0.3 is 0 Å². The number of aliphatic hydroxyl groups excluding tert-OH is 1.